The van der Waals surface area contributed by atoms with Crippen molar-refractivity contribution in [3.05, 3.63) is 29.8 Å². The Morgan fingerprint density at radius 1 is 1.25 bits per heavy atom. The van der Waals surface area contributed by atoms with Crippen molar-refractivity contribution in [3.8, 4) is 0 Å². The molecule has 2 atom stereocenters. The summed E-state index contributed by atoms with van der Waals surface area (Å²) in [5.41, 5.74) is 7.04. The number of sulfonamides is 1. The highest BCUT2D eigenvalue weighted by atomic mass is 32.2. The molecule has 5 nitrogen and oxygen atoms in total. The Hall–Kier alpha value is -1.11. The van der Waals surface area contributed by atoms with Gasteiger partial charge in [-0.15, -0.1) is 0 Å². The zero-order valence-corrected chi connectivity index (χ0v) is 13.1. The minimum absolute atomic E-state index is 0.0151. The number of nitrogen functional groups attached to an aromatic ring is 1. The Morgan fingerprint density at radius 3 is 2.40 bits per heavy atom. The summed E-state index contributed by atoms with van der Waals surface area (Å²) < 4.78 is 26.7. The zero-order chi connectivity index (χ0) is 14.9. The standard InChI is InChI=1S/C14H23N3O2S/c1-11-8-17(9-12(2)16(11)3)20(18,19)10-13-5-4-6-14(15)7-13/h4-7,11-12H,8-10,15H2,1-3H3. The maximum atomic E-state index is 12.5. The fourth-order valence-corrected chi connectivity index (χ4v) is 4.24. The molecule has 0 saturated carbocycles. The number of rotatable bonds is 3. The summed E-state index contributed by atoms with van der Waals surface area (Å²) in [6, 6.07) is 7.53. The van der Waals surface area contributed by atoms with Gasteiger partial charge in [0.05, 0.1) is 5.75 Å². The molecule has 0 aliphatic carbocycles. The van der Waals surface area contributed by atoms with E-state index in [2.05, 4.69) is 18.7 Å². The van der Waals surface area contributed by atoms with Gasteiger partial charge >= 0.3 is 0 Å². The first-order chi connectivity index (χ1) is 9.29. The van der Waals surface area contributed by atoms with Crippen LogP contribution in [0.3, 0.4) is 0 Å². The van der Waals surface area contributed by atoms with E-state index in [1.54, 1.807) is 28.6 Å². The lowest BCUT2D eigenvalue weighted by Gasteiger charge is -2.41. The summed E-state index contributed by atoms with van der Waals surface area (Å²) in [6.45, 7) is 5.20. The van der Waals surface area contributed by atoms with Gasteiger partial charge < -0.3 is 5.73 Å². The molecule has 1 aliphatic heterocycles. The average Bonchev–Trinajstić information content (AvgIpc) is 2.34. The van der Waals surface area contributed by atoms with Crippen LogP contribution >= 0.6 is 0 Å². The smallest absolute Gasteiger partial charge is 0.218 e. The molecule has 20 heavy (non-hydrogen) atoms. The van der Waals surface area contributed by atoms with E-state index < -0.39 is 10.0 Å². The maximum Gasteiger partial charge on any atom is 0.218 e. The Bertz CT molecular complexity index is 562. The Morgan fingerprint density at radius 2 is 1.85 bits per heavy atom. The molecule has 1 saturated heterocycles. The largest absolute Gasteiger partial charge is 0.399 e. The van der Waals surface area contributed by atoms with Crippen molar-refractivity contribution in [2.75, 3.05) is 25.9 Å². The highest BCUT2D eigenvalue weighted by Crippen LogP contribution is 2.20. The first-order valence-electron chi connectivity index (χ1n) is 6.84. The molecule has 2 unspecified atom stereocenters. The molecule has 1 aromatic rings. The highest BCUT2D eigenvalue weighted by molar-refractivity contribution is 7.88. The number of nitrogens with zero attached hydrogens (tertiary/aromatic N) is 2. The summed E-state index contributed by atoms with van der Waals surface area (Å²) >= 11 is 0. The van der Waals surface area contributed by atoms with Gasteiger partial charge in [-0.25, -0.2) is 8.42 Å². The van der Waals surface area contributed by atoms with Gasteiger partial charge in [0.1, 0.15) is 0 Å². The Kier molecular flexibility index (Phi) is 4.36. The van der Waals surface area contributed by atoms with Crippen LogP contribution in [0, 0.1) is 0 Å². The minimum Gasteiger partial charge on any atom is -0.399 e. The molecule has 0 aromatic heterocycles. The van der Waals surface area contributed by atoms with E-state index in [0.717, 1.165) is 5.56 Å². The van der Waals surface area contributed by atoms with Crippen molar-refractivity contribution in [3.63, 3.8) is 0 Å². The van der Waals surface area contributed by atoms with Crippen molar-refractivity contribution < 1.29 is 8.42 Å². The quantitative estimate of drug-likeness (QED) is 0.849. The van der Waals surface area contributed by atoms with Crippen molar-refractivity contribution in [2.45, 2.75) is 31.7 Å². The van der Waals surface area contributed by atoms with Gasteiger partial charge in [-0.2, -0.15) is 4.31 Å². The number of piperazine rings is 1. The van der Waals surface area contributed by atoms with E-state index in [1.165, 1.54) is 0 Å². The van der Waals surface area contributed by atoms with Crippen molar-refractivity contribution in [1.29, 1.82) is 0 Å². The van der Waals surface area contributed by atoms with Crippen LogP contribution in [0.25, 0.3) is 0 Å². The molecule has 0 spiro atoms. The van der Waals surface area contributed by atoms with Crippen molar-refractivity contribution in [1.82, 2.24) is 9.21 Å². The van der Waals surface area contributed by atoms with Gasteiger partial charge in [-0.3, -0.25) is 4.90 Å². The summed E-state index contributed by atoms with van der Waals surface area (Å²) in [5, 5.41) is 0. The summed E-state index contributed by atoms with van der Waals surface area (Å²) in [4.78, 5) is 2.21. The SMILES string of the molecule is CC1CN(S(=O)(=O)Cc2cccc(N)c2)CC(C)N1C. The Labute approximate surface area is 121 Å². The topological polar surface area (TPSA) is 66.6 Å². The summed E-state index contributed by atoms with van der Waals surface area (Å²) in [6.07, 6.45) is 0. The van der Waals surface area contributed by atoms with Gasteiger partial charge in [0.25, 0.3) is 0 Å². The average molecular weight is 297 g/mol. The van der Waals surface area contributed by atoms with Crippen LogP contribution < -0.4 is 5.73 Å². The van der Waals surface area contributed by atoms with Crippen LogP contribution in [0.2, 0.25) is 0 Å². The predicted molar refractivity (Wildman–Crippen MR) is 81.7 cm³/mol. The molecular formula is C14H23N3O2S. The molecule has 112 valence electrons. The monoisotopic (exact) mass is 297 g/mol. The van der Waals surface area contributed by atoms with E-state index in [0.29, 0.717) is 18.8 Å². The molecule has 0 amide bonds. The molecule has 1 heterocycles. The summed E-state index contributed by atoms with van der Waals surface area (Å²) in [5.74, 6) is 0.0151. The number of anilines is 1. The first-order valence-corrected chi connectivity index (χ1v) is 8.44. The molecular weight excluding hydrogens is 274 g/mol. The third-order valence-corrected chi connectivity index (χ3v) is 5.80. The Balaban J connectivity index is 2.15. The van der Waals surface area contributed by atoms with E-state index in [-0.39, 0.29) is 17.8 Å². The van der Waals surface area contributed by atoms with Crippen LogP contribution in [-0.4, -0.2) is 49.8 Å². The van der Waals surface area contributed by atoms with Crippen LogP contribution in [-0.2, 0) is 15.8 Å². The lowest BCUT2D eigenvalue weighted by atomic mass is 10.1. The number of hydrogen-bond donors (Lipinski definition) is 1. The van der Waals surface area contributed by atoms with E-state index >= 15 is 0 Å². The maximum absolute atomic E-state index is 12.5. The fraction of sp³-hybridized carbons (Fsp3) is 0.571. The van der Waals surface area contributed by atoms with Crippen molar-refractivity contribution in [2.24, 2.45) is 0 Å². The second-order valence-electron chi connectivity index (χ2n) is 5.68. The molecule has 0 radical (unpaired) electrons. The lowest BCUT2D eigenvalue weighted by molar-refractivity contribution is 0.105. The van der Waals surface area contributed by atoms with Crippen LogP contribution in [0.4, 0.5) is 5.69 Å². The molecule has 6 heteroatoms. The summed E-state index contributed by atoms with van der Waals surface area (Å²) in [7, 11) is -1.25. The van der Waals surface area contributed by atoms with Crippen molar-refractivity contribution >= 4 is 15.7 Å². The first kappa shape index (κ1) is 15.3. The van der Waals surface area contributed by atoms with Gasteiger partial charge in [-0.05, 0) is 38.6 Å². The second kappa shape index (κ2) is 5.71. The molecule has 2 N–H and O–H groups in total. The second-order valence-corrected chi connectivity index (χ2v) is 7.65. The molecule has 1 aromatic carbocycles. The van der Waals surface area contributed by atoms with Gasteiger partial charge in [0.2, 0.25) is 10.0 Å². The predicted octanol–water partition coefficient (Wildman–Crippen LogP) is 1.12. The van der Waals surface area contributed by atoms with E-state index in [1.807, 2.05) is 7.05 Å². The number of nitrogens with two attached hydrogens (primary N) is 1. The van der Waals surface area contributed by atoms with E-state index in [4.69, 9.17) is 5.73 Å². The zero-order valence-electron chi connectivity index (χ0n) is 12.3. The molecule has 1 fully saturated rings. The van der Waals surface area contributed by atoms with Crippen LogP contribution in [0.15, 0.2) is 24.3 Å². The van der Waals surface area contributed by atoms with Gasteiger partial charge in [-0.1, -0.05) is 12.1 Å². The highest BCUT2D eigenvalue weighted by Gasteiger charge is 2.33. The number of hydrogen-bond acceptors (Lipinski definition) is 4. The minimum atomic E-state index is -3.29. The third-order valence-electron chi connectivity index (χ3n) is 4.02. The normalized spacial score (nSPS) is 25.8. The lowest BCUT2D eigenvalue weighted by Crippen LogP contribution is -2.56. The molecule has 2 rings (SSSR count). The van der Waals surface area contributed by atoms with Gasteiger partial charge in [0.15, 0.2) is 0 Å². The number of likely N-dealkylation sites (N-methyl/N-ethyl adjacent to an activating group) is 1. The van der Waals surface area contributed by atoms with Crippen LogP contribution in [0.5, 0.6) is 0 Å². The third kappa shape index (κ3) is 3.31. The number of benzene rings is 1. The van der Waals surface area contributed by atoms with E-state index in [9.17, 15) is 8.42 Å². The fourth-order valence-electron chi connectivity index (χ4n) is 2.57. The van der Waals surface area contributed by atoms with Gasteiger partial charge in [0, 0.05) is 30.9 Å². The molecule has 0 bridgehead atoms. The molecule has 1 aliphatic rings. The van der Waals surface area contributed by atoms with Crippen LogP contribution in [0.1, 0.15) is 19.4 Å².